The van der Waals surface area contributed by atoms with Crippen LogP contribution in [0.3, 0.4) is 0 Å². The van der Waals surface area contributed by atoms with Gasteiger partial charge in [-0.3, -0.25) is 4.18 Å². The van der Waals surface area contributed by atoms with E-state index < -0.39 is 20.1 Å². The van der Waals surface area contributed by atoms with E-state index in [4.69, 9.17) is 11.6 Å². The molecule has 6 nitrogen and oxygen atoms in total. The molecule has 0 atom stereocenters. The van der Waals surface area contributed by atoms with Gasteiger partial charge in [0.05, 0.1) is 17.8 Å². The Morgan fingerprint density at radius 1 is 1.00 bits per heavy atom. The van der Waals surface area contributed by atoms with Crippen molar-refractivity contribution in [3.05, 3.63) is 29.3 Å². The van der Waals surface area contributed by atoms with E-state index in [1.165, 1.54) is 24.3 Å². The number of benzene rings is 1. The molecule has 126 valence electrons. The summed E-state index contributed by atoms with van der Waals surface area (Å²) in [5, 5.41) is 0.482. The highest BCUT2D eigenvalue weighted by Crippen LogP contribution is 2.13. The third kappa shape index (κ3) is 8.09. The maximum atomic E-state index is 11.9. The summed E-state index contributed by atoms with van der Waals surface area (Å²) in [5.74, 6) is 0. The highest BCUT2D eigenvalue weighted by molar-refractivity contribution is 7.89. The third-order valence-electron chi connectivity index (χ3n) is 2.78. The van der Waals surface area contributed by atoms with Crippen molar-refractivity contribution in [3.63, 3.8) is 0 Å². The Morgan fingerprint density at radius 2 is 1.59 bits per heavy atom. The summed E-state index contributed by atoms with van der Waals surface area (Å²) in [6, 6.07) is 5.95. The molecule has 0 heterocycles. The summed E-state index contributed by atoms with van der Waals surface area (Å²) in [6.07, 6.45) is 3.87. The average Bonchev–Trinajstić information content (AvgIpc) is 2.41. The summed E-state index contributed by atoms with van der Waals surface area (Å²) in [7, 11) is -6.88. The van der Waals surface area contributed by atoms with Crippen LogP contribution in [0.1, 0.15) is 25.7 Å². The average molecular weight is 370 g/mol. The van der Waals surface area contributed by atoms with E-state index in [1.807, 2.05) is 0 Å². The molecule has 0 spiro atoms. The van der Waals surface area contributed by atoms with Gasteiger partial charge in [-0.2, -0.15) is 8.42 Å². The smallest absolute Gasteiger partial charge is 0.264 e. The standard InChI is InChI=1S/C13H20ClNO5S2/c1-21(16,17)20-11-5-3-2-4-10-15-22(18,19)13-8-6-12(14)7-9-13/h6-9,15H,2-5,10-11H2,1H3. The van der Waals surface area contributed by atoms with Gasteiger partial charge in [0, 0.05) is 11.6 Å². The van der Waals surface area contributed by atoms with Crippen molar-refractivity contribution >= 4 is 31.7 Å². The van der Waals surface area contributed by atoms with E-state index in [-0.39, 0.29) is 11.5 Å². The Hall–Kier alpha value is -0.670. The van der Waals surface area contributed by atoms with Crippen LogP contribution in [0.2, 0.25) is 5.02 Å². The maximum absolute atomic E-state index is 11.9. The zero-order valence-corrected chi connectivity index (χ0v) is 14.7. The zero-order chi connectivity index (χ0) is 16.6. The van der Waals surface area contributed by atoms with Gasteiger partial charge in [-0.1, -0.05) is 24.4 Å². The molecule has 0 amide bonds. The predicted molar refractivity (Wildman–Crippen MR) is 85.9 cm³/mol. The Kier molecular flexibility index (Phi) is 7.78. The van der Waals surface area contributed by atoms with Gasteiger partial charge in [0.15, 0.2) is 0 Å². The van der Waals surface area contributed by atoms with Gasteiger partial charge in [-0.05, 0) is 37.1 Å². The van der Waals surface area contributed by atoms with Crippen LogP contribution in [0.25, 0.3) is 0 Å². The molecular formula is C13H20ClNO5S2. The van der Waals surface area contributed by atoms with E-state index in [0.29, 0.717) is 24.4 Å². The first kappa shape index (κ1) is 19.4. The van der Waals surface area contributed by atoms with E-state index in [9.17, 15) is 16.8 Å². The molecule has 1 rings (SSSR count). The molecule has 0 saturated heterocycles. The molecule has 1 aromatic rings. The lowest BCUT2D eigenvalue weighted by Crippen LogP contribution is -2.24. The van der Waals surface area contributed by atoms with Crippen molar-refractivity contribution in [2.24, 2.45) is 0 Å². The van der Waals surface area contributed by atoms with Gasteiger partial charge in [0.1, 0.15) is 0 Å². The number of nitrogens with one attached hydrogen (secondary N) is 1. The molecule has 9 heteroatoms. The number of rotatable bonds is 10. The van der Waals surface area contributed by atoms with E-state index in [1.54, 1.807) is 0 Å². The van der Waals surface area contributed by atoms with Crippen molar-refractivity contribution in [1.82, 2.24) is 4.72 Å². The van der Waals surface area contributed by atoms with Crippen LogP contribution in [-0.2, 0) is 24.3 Å². The van der Waals surface area contributed by atoms with Gasteiger partial charge in [0.25, 0.3) is 10.1 Å². The molecule has 0 bridgehead atoms. The van der Waals surface area contributed by atoms with Gasteiger partial charge >= 0.3 is 0 Å². The normalized spacial score (nSPS) is 12.5. The van der Waals surface area contributed by atoms with Gasteiger partial charge in [0.2, 0.25) is 10.0 Å². The molecule has 0 aromatic heterocycles. The van der Waals surface area contributed by atoms with Crippen LogP contribution in [0.5, 0.6) is 0 Å². The molecule has 0 radical (unpaired) electrons. The molecule has 0 aliphatic rings. The van der Waals surface area contributed by atoms with Crippen molar-refractivity contribution in [2.45, 2.75) is 30.6 Å². The van der Waals surface area contributed by atoms with Crippen LogP contribution in [0.15, 0.2) is 29.2 Å². The van der Waals surface area contributed by atoms with Crippen molar-refractivity contribution in [3.8, 4) is 0 Å². The van der Waals surface area contributed by atoms with Crippen molar-refractivity contribution in [1.29, 1.82) is 0 Å². The highest BCUT2D eigenvalue weighted by atomic mass is 35.5. The minimum atomic E-state index is -3.51. The Morgan fingerprint density at radius 3 is 2.18 bits per heavy atom. The quantitative estimate of drug-likeness (QED) is 0.504. The van der Waals surface area contributed by atoms with E-state index in [0.717, 1.165) is 19.1 Å². The SMILES string of the molecule is CS(=O)(=O)OCCCCCCNS(=O)(=O)c1ccc(Cl)cc1. The first-order chi connectivity index (χ1) is 10.2. The van der Waals surface area contributed by atoms with Crippen LogP contribution < -0.4 is 4.72 Å². The Balaban J connectivity index is 2.20. The summed E-state index contributed by atoms with van der Waals surface area (Å²) < 4.78 is 52.5. The number of unbranched alkanes of at least 4 members (excludes halogenated alkanes) is 3. The Bertz CT molecular complexity index is 656. The van der Waals surface area contributed by atoms with Crippen LogP contribution in [0, 0.1) is 0 Å². The topological polar surface area (TPSA) is 89.5 Å². The van der Waals surface area contributed by atoms with Crippen LogP contribution >= 0.6 is 11.6 Å². The molecular weight excluding hydrogens is 350 g/mol. The Labute approximate surface area is 137 Å². The zero-order valence-electron chi connectivity index (χ0n) is 12.3. The van der Waals surface area contributed by atoms with Crippen molar-refractivity contribution in [2.75, 3.05) is 19.4 Å². The van der Waals surface area contributed by atoms with Gasteiger partial charge in [-0.25, -0.2) is 13.1 Å². The molecule has 0 unspecified atom stereocenters. The number of hydrogen-bond acceptors (Lipinski definition) is 5. The lowest BCUT2D eigenvalue weighted by molar-refractivity contribution is 0.310. The minimum Gasteiger partial charge on any atom is -0.270 e. The first-order valence-electron chi connectivity index (χ1n) is 6.80. The van der Waals surface area contributed by atoms with Crippen LogP contribution in [0.4, 0.5) is 0 Å². The molecule has 0 saturated carbocycles. The van der Waals surface area contributed by atoms with Gasteiger partial charge < -0.3 is 0 Å². The maximum Gasteiger partial charge on any atom is 0.264 e. The summed E-state index contributed by atoms with van der Waals surface area (Å²) in [5.41, 5.74) is 0. The molecule has 0 aliphatic heterocycles. The second kappa shape index (κ2) is 8.83. The molecule has 22 heavy (non-hydrogen) atoms. The first-order valence-corrected chi connectivity index (χ1v) is 10.5. The molecule has 1 aromatic carbocycles. The monoisotopic (exact) mass is 369 g/mol. The third-order valence-corrected chi connectivity index (χ3v) is 5.11. The minimum absolute atomic E-state index is 0.162. The highest BCUT2D eigenvalue weighted by Gasteiger charge is 2.12. The lowest BCUT2D eigenvalue weighted by atomic mass is 10.2. The molecule has 1 N–H and O–H groups in total. The summed E-state index contributed by atoms with van der Waals surface area (Å²) in [6.45, 7) is 0.493. The largest absolute Gasteiger partial charge is 0.270 e. The second-order valence-electron chi connectivity index (χ2n) is 4.79. The predicted octanol–water partition coefficient (Wildman–Crippen LogP) is 2.15. The molecule has 0 aliphatic carbocycles. The summed E-state index contributed by atoms with van der Waals surface area (Å²) in [4.78, 5) is 0.179. The second-order valence-corrected chi connectivity index (χ2v) is 8.64. The van der Waals surface area contributed by atoms with Crippen LogP contribution in [-0.4, -0.2) is 36.2 Å². The number of hydrogen-bond donors (Lipinski definition) is 1. The lowest BCUT2D eigenvalue weighted by Gasteiger charge is -2.07. The fourth-order valence-electron chi connectivity index (χ4n) is 1.69. The number of sulfonamides is 1. The number of halogens is 1. The van der Waals surface area contributed by atoms with Gasteiger partial charge in [-0.15, -0.1) is 0 Å². The van der Waals surface area contributed by atoms with Crippen molar-refractivity contribution < 1.29 is 21.0 Å². The molecule has 0 fully saturated rings. The van der Waals surface area contributed by atoms with E-state index in [2.05, 4.69) is 8.91 Å². The van der Waals surface area contributed by atoms with E-state index >= 15 is 0 Å². The fraction of sp³-hybridized carbons (Fsp3) is 0.538. The summed E-state index contributed by atoms with van der Waals surface area (Å²) >= 11 is 5.71. The fourth-order valence-corrected chi connectivity index (χ4v) is 3.32.